The number of rotatable bonds is 7. The van der Waals surface area contributed by atoms with Gasteiger partial charge in [-0.05, 0) is 31.0 Å². The fraction of sp³-hybridized carbons (Fsp3) is 0.529. The van der Waals surface area contributed by atoms with Crippen LogP contribution in [-0.2, 0) is 19.6 Å². The van der Waals surface area contributed by atoms with E-state index in [1.807, 2.05) is 0 Å². The van der Waals surface area contributed by atoms with Gasteiger partial charge >= 0.3 is 0 Å². The highest BCUT2D eigenvalue weighted by Gasteiger charge is 2.40. The molecular formula is C17H20BrFN2O5S. The highest BCUT2D eigenvalue weighted by Crippen LogP contribution is 2.34. The van der Waals surface area contributed by atoms with Crippen LogP contribution in [-0.4, -0.2) is 68.8 Å². The average molecular weight is 463 g/mol. The summed E-state index contributed by atoms with van der Waals surface area (Å²) in [4.78, 5) is 25.5. The maximum atomic E-state index is 13.7. The minimum atomic E-state index is -3.83. The minimum Gasteiger partial charge on any atom is -0.383 e. The van der Waals surface area contributed by atoms with Gasteiger partial charge in [0.1, 0.15) is 6.17 Å². The largest absolute Gasteiger partial charge is 0.383 e. The van der Waals surface area contributed by atoms with Crippen LogP contribution in [0.15, 0.2) is 23.1 Å². The van der Waals surface area contributed by atoms with E-state index < -0.39 is 27.9 Å². The number of Topliss-reactive ketones (excluding diaryl/α,β-unsaturated/α-hetero) is 1. The van der Waals surface area contributed by atoms with Crippen molar-refractivity contribution in [2.75, 3.05) is 37.0 Å². The Balaban J connectivity index is 1.94. The lowest BCUT2D eigenvalue weighted by Gasteiger charge is -2.24. The van der Waals surface area contributed by atoms with Crippen LogP contribution < -0.4 is 4.90 Å². The SMILES string of the molecule is COC[C@@H]1CCCN1S(=O)(=O)c1ccc2c(c1)C(=O)C(=O)N2CC(F)CBr. The number of halogens is 2. The fourth-order valence-corrected chi connectivity index (χ4v) is 5.40. The zero-order valence-electron chi connectivity index (χ0n) is 14.7. The number of amides is 1. The Morgan fingerprint density at radius 1 is 1.37 bits per heavy atom. The third-order valence-electron chi connectivity index (χ3n) is 4.78. The zero-order valence-corrected chi connectivity index (χ0v) is 17.1. The van der Waals surface area contributed by atoms with E-state index in [2.05, 4.69) is 15.9 Å². The Bertz CT molecular complexity index is 863. The quantitative estimate of drug-likeness (QED) is 0.455. The molecule has 0 radical (unpaired) electrons. The Morgan fingerprint density at radius 2 is 2.11 bits per heavy atom. The molecule has 2 aliphatic heterocycles. The molecule has 3 rings (SSSR count). The third kappa shape index (κ3) is 3.67. The number of nitrogens with zero attached hydrogens (tertiary/aromatic N) is 2. The van der Waals surface area contributed by atoms with E-state index in [0.717, 1.165) is 11.3 Å². The summed E-state index contributed by atoms with van der Waals surface area (Å²) in [6.45, 7) is 0.401. The first-order chi connectivity index (χ1) is 12.8. The smallest absolute Gasteiger partial charge is 0.299 e. The van der Waals surface area contributed by atoms with Crippen LogP contribution in [0.2, 0.25) is 0 Å². The number of fused-ring (bicyclic) bond motifs is 1. The molecule has 0 N–H and O–H groups in total. The van der Waals surface area contributed by atoms with Gasteiger partial charge in [0.25, 0.3) is 11.7 Å². The molecule has 1 amide bonds. The van der Waals surface area contributed by atoms with Gasteiger partial charge < -0.3 is 9.64 Å². The van der Waals surface area contributed by atoms with Crippen molar-refractivity contribution in [3.63, 3.8) is 0 Å². The van der Waals surface area contributed by atoms with Crippen molar-refractivity contribution >= 4 is 43.3 Å². The van der Waals surface area contributed by atoms with Gasteiger partial charge in [-0.25, -0.2) is 12.8 Å². The molecule has 10 heteroatoms. The zero-order chi connectivity index (χ0) is 19.8. The maximum Gasteiger partial charge on any atom is 0.299 e. The first-order valence-corrected chi connectivity index (χ1v) is 11.1. The molecule has 148 valence electrons. The molecule has 1 fully saturated rings. The first kappa shape index (κ1) is 20.4. The van der Waals surface area contributed by atoms with Crippen LogP contribution in [0.1, 0.15) is 23.2 Å². The predicted octanol–water partition coefficient (Wildman–Crippen LogP) is 1.75. The second-order valence-corrected chi connectivity index (χ2v) is 9.08. The summed E-state index contributed by atoms with van der Waals surface area (Å²) < 4.78 is 46.2. The Hall–Kier alpha value is -1.36. The van der Waals surface area contributed by atoms with Gasteiger partial charge in [0.15, 0.2) is 0 Å². The monoisotopic (exact) mass is 462 g/mol. The number of carbonyl (C=O) groups is 2. The third-order valence-corrected chi connectivity index (χ3v) is 7.43. The topological polar surface area (TPSA) is 84.0 Å². The standard InChI is InChI=1S/C17H20BrFN2O5S/c1-26-10-12-3-2-6-21(12)27(24,25)13-4-5-15-14(7-13)16(22)17(23)20(15)9-11(19)8-18/h4-5,7,11-12H,2-3,6,8-10H2,1H3/t11?,12-/m0/s1. The molecule has 27 heavy (non-hydrogen) atoms. The molecule has 1 aromatic rings. The van der Waals surface area contributed by atoms with Crippen molar-refractivity contribution in [3.05, 3.63) is 23.8 Å². The summed E-state index contributed by atoms with van der Waals surface area (Å²) in [7, 11) is -2.31. The molecule has 2 atom stereocenters. The molecule has 1 unspecified atom stereocenters. The number of hydrogen-bond acceptors (Lipinski definition) is 5. The second-order valence-electron chi connectivity index (χ2n) is 6.54. The van der Waals surface area contributed by atoms with Gasteiger partial charge in [0, 0.05) is 25.0 Å². The van der Waals surface area contributed by atoms with E-state index in [1.165, 1.54) is 29.6 Å². The lowest BCUT2D eigenvalue weighted by molar-refractivity contribution is -0.114. The average Bonchev–Trinajstić information content (AvgIpc) is 3.21. The van der Waals surface area contributed by atoms with Gasteiger partial charge in [0.05, 0.1) is 29.3 Å². The molecule has 7 nitrogen and oxygen atoms in total. The van der Waals surface area contributed by atoms with E-state index in [9.17, 15) is 22.4 Å². The minimum absolute atomic E-state index is 0.00895. The molecule has 2 aliphatic rings. The number of ether oxygens (including phenoxy) is 1. The van der Waals surface area contributed by atoms with Crippen LogP contribution in [0.4, 0.5) is 10.1 Å². The van der Waals surface area contributed by atoms with Crippen LogP contribution >= 0.6 is 15.9 Å². The van der Waals surface area contributed by atoms with Crippen molar-refractivity contribution in [1.82, 2.24) is 4.31 Å². The highest BCUT2D eigenvalue weighted by atomic mass is 79.9. The summed E-state index contributed by atoms with van der Waals surface area (Å²) in [6, 6.07) is 3.71. The Morgan fingerprint density at radius 3 is 2.78 bits per heavy atom. The number of sulfonamides is 1. The van der Waals surface area contributed by atoms with Crippen LogP contribution in [0.3, 0.4) is 0 Å². The van der Waals surface area contributed by atoms with Crippen LogP contribution in [0.25, 0.3) is 0 Å². The molecule has 2 heterocycles. The lowest BCUT2D eigenvalue weighted by Crippen LogP contribution is -2.38. The molecule has 0 aromatic heterocycles. The summed E-state index contributed by atoms with van der Waals surface area (Å²) in [5.41, 5.74) is 0.229. The van der Waals surface area contributed by atoms with Gasteiger partial charge in [-0.1, -0.05) is 15.9 Å². The molecule has 0 spiro atoms. The van der Waals surface area contributed by atoms with Gasteiger partial charge in [0.2, 0.25) is 10.0 Å². The van der Waals surface area contributed by atoms with Crippen molar-refractivity contribution in [1.29, 1.82) is 0 Å². The molecular weight excluding hydrogens is 443 g/mol. The number of methoxy groups -OCH3 is 1. The fourth-order valence-electron chi connectivity index (χ4n) is 3.49. The number of anilines is 1. The van der Waals surface area contributed by atoms with E-state index in [4.69, 9.17) is 4.74 Å². The predicted molar refractivity (Wildman–Crippen MR) is 101 cm³/mol. The summed E-state index contributed by atoms with van der Waals surface area (Å²) in [5, 5.41) is 0.0304. The molecule has 0 bridgehead atoms. The van der Waals surface area contributed by atoms with Crippen molar-refractivity contribution in [2.24, 2.45) is 0 Å². The number of hydrogen-bond donors (Lipinski definition) is 0. The maximum absolute atomic E-state index is 13.7. The van der Waals surface area contributed by atoms with Crippen molar-refractivity contribution < 1.29 is 27.1 Å². The van der Waals surface area contributed by atoms with E-state index in [0.29, 0.717) is 19.6 Å². The van der Waals surface area contributed by atoms with E-state index >= 15 is 0 Å². The molecule has 1 aromatic carbocycles. The lowest BCUT2D eigenvalue weighted by atomic mass is 10.1. The first-order valence-electron chi connectivity index (χ1n) is 8.52. The van der Waals surface area contributed by atoms with E-state index in [-0.39, 0.29) is 34.1 Å². The number of alkyl halides is 2. The Labute approximate surface area is 165 Å². The van der Waals surface area contributed by atoms with Crippen LogP contribution in [0, 0.1) is 0 Å². The van der Waals surface area contributed by atoms with Gasteiger partial charge in [-0.15, -0.1) is 0 Å². The molecule has 0 aliphatic carbocycles. The summed E-state index contributed by atoms with van der Waals surface area (Å²) >= 11 is 3.00. The second kappa shape index (κ2) is 7.94. The normalized spacial score (nSPS) is 21.7. The molecule has 0 saturated carbocycles. The highest BCUT2D eigenvalue weighted by molar-refractivity contribution is 9.09. The number of carbonyl (C=O) groups excluding carboxylic acids is 2. The summed E-state index contributed by atoms with van der Waals surface area (Å²) in [6.07, 6.45) is 0.0945. The number of ketones is 1. The van der Waals surface area contributed by atoms with Crippen LogP contribution in [0.5, 0.6) is 0 Å². The Kier molecular flexibility index (Phi) is 5.99. The van der Waals surface area contributed by atoms with Gasteiger partial charge in [-0.2, -0.15) is 4.31 Å². The van der Waals surface area contributed by atoms with Crippen molar-refractivity contribution in [3.8, 4) is 0 Å². The molecule has 1 saturated heterocycles. The van der Waals surface area contributed by atoms with Gasteiger partial charge in [-0.3, -0.25) is 9.59 Å². The summed E-state index contributed by atoms with van der Waals surface area (Å²) in [5.74, 6) is -1.67. The number of benzene rings is 1. The van der Waals surface area contributed by atoms with Crippen molar-refractivity contribution in [2.45, 2.75) is 30.0 Å². The van der Waals surface area contributed by atoms with E-state index in [1.54, 1.807) is 0 Å².